The molecule has 0 radical (unpaired) electrons. The van der Waals surface area contributed by atoms with Crippen molar-refractivity contribution in [2.24, 2.45) is 5.92 Å². The molecule has 2 heterocycles. The molecule has 0 aromatic carbocycles. The fourth-order valence-electron chi connectivity index (χ4n) is 2.58. The van der Waals surface area contributed by atoms with E-state index in [2.05, 4.69) is 10.6 Å². The van der Waals surface area contributed by atoms with E-state index in [1.54, 1.807) is 6.07 Å². The van der Waals surface area contributed by atoms with Crippen LogP contribution in [0, 0.1) is 5.92 Å². The van der Waals surface area contributed by atoms with E-state index in [1.807, 2.05) is 23.4 Å². The molecule has 0 saturated carbocycles. The highest BCUT2D eigenvalue weighted by Crippen LogP contribution is 2.19. The van der Waals surface area contributed by atoms with Crippen molar-refractivity contribution in [1.29, 1.82) is 0 Å². The first-order chi connectivity index (χ1) is 10.2. The molecule has 6 heteroatoms. The molecule has 2 amide bonds. The van der Waals surface area contributed by atoms with Gasteiger partial charge in [0, 0.05) is 13.1 Å². The Labute approximate surface area is 129 Å². The average Bonchev–Trinajstić information content (AvgIpc) is 3.05. The molecule has 2 rings (SSSR count). The normalized spacial score (nSPS) is 16.0. The summed E-state index contributed by atoms with van der Waals surface area (Å²) in [6.07, 6.45) is 3.30. The van der Waals surface area contributed by atoms with E-state index < -0.39 is 0 Å². The van der Waals surface area contributed by atoms with Gasteiger partial charge in [0.05, 0.1) is 11.4 Å². The van der Waals surface area contributed by atoms with Crippen LogP contribution in [0.3, 0.4) is 0 Å². The molecule has 1 aliphatic heterocycles. The van der Waals surface area contributed by atoms with Gasteiger partial charge in [0.2, 0.25) is 5.91 Å². The van der Waals surface area contributed by atoms with Crippen molar-refractivity contribution in [1.82, 2.24) is 15.5 Å². The van der Waals surface area contributed by atoms with E-state index in [-0.39, 0.29) is 18.4 Å². The maximum Gasteiger partial charge on any atom is 0.261 e. The predicted molar refractivity (Wildman–Crippen MR) is 84.5 cm³/mol. The Morgan fingerprint density at radius 1 is 1.38 bits per heavy atom. The van der Waals surface area contributed by atoms with Crippen molar-refractivity contribution in [2.45, 2.75) is 19.3 Å². The van der Waals surface area contributed by atoms with Crippen LogP contribution >= 0.6 is 11.3 Å². The van der Waals surface area contributed by atoms with Crippen molar-refractivity contribution < 1.29 is 9.59 Å². The zero-order chi connectivity index (χ0) is 15.1. The largest absolute Gasteiger partial charge is 0.342 e. The zero-order valence-electron chi connectivity index (χ0n) is 12.4. The lowest BCUT2D eigenvalue weighted by molar-refractivity contribution is -0.131. The Balaban J connectivity index is 1.69. The Kier molecular flexibility index (Phi) is 6.20. The summed E-state index contributed by atoms with van der Waals surface area (Å²) in [4.78, 5) is 26.4. The van der Waals surface area contributed by atoms with Gasteiger partial charge in [-0.15, -0.1) is 11.3 Å². The molecule has 116 valence electrons. The highest BCUT2D eigenvalue weighted by atomic mass is 32.1. The Hall–Kier alpha value is -1.40. The number of rotatable bonds is 6. The lowest BCUT2D eigenvalue weighted by Gasteiger charge is -2.32. The molecule has 0 spiro atoms. The Bertz CT molecular complexity index is 453. The minimum Gasteiger partial charge on any atom is -0.342 e. The molecule has 1 aromatic heterocycles. The molecular formula is C15H23N3O2S. The number of hydrogen-bond donors (Lipinski definition) is 2. The molecule has 21 heavy (non-hydrogen) atoms. The third-order valence-corrected chi connectivity index (χ3v) is 4.78. The van der Waals surface area contributed by atoms with Crippen molar-refractivity contribution in [3.8, 4) is 0 Å². The van der Waals surface area contributed by atoms with Gasteiger partial charge in [0.25, 0.3) is 5.91 Å². The third-order valence-electron chi connectivity index (χ3n) is 3.91. The minimum absolute atomic E-state index is 0.0203. The molecule has 0 unspecified atom stereocenters. The second-order valence-corrected chi connectivity index (χ2v) is 6.32. The van der Waals surface area contributed by atoms with E-state index in [0.29, 0.717) is 10.8 Å². The first-order valence-corrected chi connectivity index (χ1v) is 8.32. The fraction of sp³-hybridized carbons (Fsp3) is 0.600. The van der Waals surface area contributed by atoms with Crippen molar-refractivity contribution in [3.05, 3.63) is 22.4 Å². The van der Waals surface area contributed by atoms with Crippen LogP contribution in [0.1, 0.15) is 28.9 Å². The second kappa shape index (κ2) is 8.14. The molecule has 0 aliphatic carbocycles. The van der Waals surface area contributed by atoms with Gasteiger partial charge >= 0.3 is 0 Å². The number of amides is 2. The van der Waals surface area contributed by atoms with Crippen LogP contribution in [0.15, 0.2) is 17.5 Å². The van der Waals surface area contributed by atoms with Gasteiger partial charge in [0.15, 0.2) is 0 Å². The maximum atomic E-state index is 12.1. The molecule has 0 bridgehead atoms. The van der Waals surface area contributed by atoms with Crippen LogP contribution < -0.4 is 10.6 Å². The molecule has 5 nitrogen and oxygen atoms in total. The van der Waals surface area contributed by atoms with Gasteiger partial charge < -0.3 is 15.5 Å². The molecular weight excluding hydrogens is 286 g/mol. The minimum atomic E-state index is -0.165. The maximum absolute atomic E-state index is 12.1. The van der Waals surface area contributed by atoms with Gasteiger partial charge in [-0.1, -0.05) is 6.07 Å². The van der Waals surface area contributed by atoms with Gasteiger partial charge in [-0.05, 0) is 50.2 Å². The molecule has 1 saturated heterocycles. The SMILES string of the molecule is CNCCC1CCN(C(=O)CNC(=O)c2cccs2)CC1. The lowest BCUT2D eigenvalue weighted by Crippen LogP contribution is -2.44. The number of carbonyl (C=O) groups is 2. The number of piperidine rings is 1. The van der Waals surface area contributed by atoms with Crippen LogP contribution in [-0.4, -0.2) is 49.9 Å². The van der Waals surface area contributed by atoms with Crippen LogP contribution in [0.5, 0.6) is 0 Å². The quantitative estimate of drug-likeness (QED) is 0.833. The summed E-state index contributed by atoms with van der Waals surface area (Å²) in [7, 11) is 1.97. The molecule has 1 aliphatic rings. The highest BCUT2D eigenvalue weighted by Gasteiger charge is 2.22. The molecule has 0 atom stereocenters. The summed E-state index contributed by atoms with van der Waals surface area (Å²) >= 11 is 1.38. The number of likely N-dealkylation sites (tertiary alicyclic amines) is 1. The topological polar surface area (TPSA) is 61.4 Å². The van der Waals surface area contributed by atoms with Gasteiger partial charge in [-0.25, -0.2) is 0 Å². The van der Waals surface area contributed by atoms with Crippen LogP contribution in [0.25, 0.3) is 0 Å². The van der Waals surface area contributed by atoms with Crippen molar-refractivity contribution >= 4 is 23.2 Å². The first kappa shape index (κ1) is 16.0. The monoisotopic (exact) mass is 309 g/mol. The van der Waals surface area contributed by atoms with E-state index in [1.165, 1.54) is 17.8 Å². The second-order valence-electron chi connectivity index (χ2n) is 5.38. The molecule has 1 aromatic rings. The summed E-state index contributed by atoms with van der Waals surface area (Å²) in [5.74, 6) is 0.566. The first-order valence-electron chi connectivity index (χ1n) is 7.44. The van der Waals surface area contributed by atoms with Crippen molar-refractivity contribution in [2.75, 3.05) is 33.2 Å². The number of nitrogens with one attached hydrogen (secondary N) is 2. The van der Waals surface area contributed by atoms with E-state index in [9.17, 15) is 9.59 Å². The average molecular weight is 309 g/mol. The standard InChI is InChI=1S/C15H23N3O2S/c1-16-7-4-12-5-8-18(9-6-12)14(19)11-17-15(20)13-3-2-10-21-13/h2-3,10,12,16H,4-9,11H2,1H3,(H,17,20). The summed E-state index contributed by atoms with van der Waals surface area (Å²) in [6, 6.07) is 3.59. The number of carbonyl (C=O) groups excluding carboxylic acids is 2. The van der Waals surface area contributed by atoms with Crippen molar-refractivity contribution in [3.63, 3.8) is 0 Å². The van der Waals surface area contributed by atoms with E-state index in [4.69, 9.17) is 0 Å². The van der Waals surface area contributed by atoms with Gasteiger partial charge in [-0.2, -0.15) is 0 Å². The lowest BCUT2D eigenvalue weighted by atomic mass is 9.93. The van der Waals surface area contributed by atoms with E-state index in [0.717, 1.165) is 32.5 Å². The molecule has 2 N–H and O–H groups in total. The smallest absolute Gasteiger partial charge is 0.261 e. The third kappa shape index (κ3) is 4.82. The summed E-state index contributed by atoms with van der Waals surface area (Å²) in [5.41, 5.74) is 0. The van der Waals surface area contributed by atoms with Gasteiger partial charge in [0.1, 0.15) is 0 Å². The Morgan fingerprint density at radius 3 is 2.76 bits per heavy atom. The predicted octanol–water partition coefficient (Wildman–Crippen LogP) is 1.33. The zero-order valence-corrected chi connectivity index (χ0v) is 13.2. The Morgan fingerprint density at radius 2 is 2.14 bits per heavy atom. The number of nitrogens with zero attached hydrogens (tertiary/aromatic N) is 1. The van der Waals surface area contributed by atoms with Crippen LogP contribution in [0.4, 0.5) is 0 Å². The highest BCUT2D eigenvalue weighted by molar-refractivity contribution is 7.12. The van der Waals surface area contributed by atoms with E-state index >= 15 is 0 Å². The summed E-state index contributed by atoms with van der Waals surface area (Å²) in [5, 5.41) is 7.72. The van der Waals surface area contributed by atoms with Crippen LogP contribution in [0.2, 0.25) is 0 Å². The van der Waals surface area contributed by atoms with Crippen LogP contribution in [-0.2, 0) is 4.79 Å². The summed E-state index contributed by atoms with van der Waals surface area (Å²) in [6.45, 7) is 2.75. The molecule has 1 fully saturated rings. The number of thiophene rings is 1. The van der Waals surface area contributed by atoms with Gasteiger partial charge in [-0.3, -0.25) is 9.59 Å². The summed E-state index contributed by atoms with van der Waals surface area (Å²) < 4.78 is 0. The fourth-order valence-corrected chi connectivity index (χ4v) is 3.22. The number of hydrogen-bond acceptors (Lipinski definition) is 4.